The van der Waals surface area contributed by atoms with Gasteiger partial charge >= 0.3 is 49.2 Å². The monoisotopic (exact) mass is 171 g/mol. The Morgan fingerprint density at radius 1 is 1.83 bits per heavy atom. The molecule has 0 aromatic heterocycles. The van der Waals surface area contributed by atoms with Crippen molar-refractivity contribution >= 4 is 0 Å². The summed E-state index contributed by atoms with van der Waals surface area (Å²) in [5.74, 6) is 0. The van der Waals surface area contributed by atoms with Gasteiger partial charge in [-0.1, -0.05) is 0 Å². The summed E-state index contributed by atoms with van der Waals surface area (Å²) in [5, 5.41) is 8.56. The molecular weight excluding hydrogens is 160 g/mol. The van der Waals surface area contributed by atoms with E-state index in [2.05, 4.69) is 6.92 Å². The van der Waals surface area contributed by atoms with E-state index in [1.54, 1.807) is 19.8 Å². The van der Waals surface area contributed by atoms with Crippen LogP contribution in [0, 0.1) is 0 Å². The Kier molecular flexibility index (Phi) is 4.24. The van der Waals surface area contributed by atoms with Crippen LogP contribution in [0.15, 0.2) is 0 Å². The van der Waals surface area contributed by atoms with Crippen LogP contribution in [-0.4, -0.2) is 9.60 Å². The molecule has 0 aromatic carbocycles. The van der Waals surface area contributed by atoms with Gasteiger partial charge in [-0.15, -0.1) is 0 Å². The zero-order chi connectivity index (χ0) is 4.99. The molecule has 0 aliphatic heterocycles. The van der Waals surface area contributed by atoms with E-state index >= 15 is 0 Å². The molecule has 1 nitrogen and oxygen atoms in total. The zero-order valence-electron chi connectivity index (χ0n) is 3.85. The Bertz CT molecular complexity index is 28.7. The first-order chi connectivity index (χ1) is 2.77. The molecule has 0 aliphatic carbocycles. The first-order valence-corrected chi connectivity index (χ1v) is 3.27. The van der Waals surface area contributed by atoms with E-state index in [-0.39, 0.29) is 4.49 Å². The second-order valence-corrected chi connectivity index (χ2v) is 2.58. The first-order valence-electron chi connectivity index (χ1n) is 2.11. The van der Waals surface area contributed by atoms with Gasteiger partial charge in [-0.3, -0.25) is 0 Å². The molecule has 37 valence electrons. The Hall–Kier alpha value is 0.648. The maximum absolute atomic E-state index is 8.56. The van der Waals surface area contributed by atoms with Crippen LogP contribution in [0.1, 0.15) is 19.8 Å². The molecule has 1 N–H and O–H groups in total. The maximum atomic E-state index is 8.56. The van der Waals surface area contributed by atoms with Gasteiger partial charge in [0.15, 0.2) is 0 Å². The second-order valence-electron chi connectivity index (χ2n) is 1.24. The van der Waals surface area contributed by atoms with Crippen molar-refractivity contribution in [3.05, 3.63) is 0 Å². The van der Waals surface area contributed by atoms with E-state index in [9.17, 15) is 0 Å². The first kappa shape index (κ1) is 6.65. The number of hydrogen-bond donors (Lipinski definition) is 1. The summed E-state index contributed by atoms with van der Waals surface area (Å²) in [6.45, 7) is 2.06. The molecule has 0 amide bonds. The average molecular weight is 169 g/mol. The molecule has 0 bridgehead atoms. The minimum atomic E-state index is -0.0919. The van der Waals surface area contributed by atoms with E-state index < -0.39 is 0 Å². The molecule has 0 spiro atoms. The molecule has 0 rings (SSSR count). The predicted molar refractivity (Wildman–Crippen MR) is 20.9 cm³/mol. The van der Waals surface area contributed by atoms with Gasteiger partial charge in [0.1, 0.15) is 0 Å². The summed E-state index contributed by atoms with van der Waals surface area (Å²) in [5.41, 5.74) is 0. The SMILES string of the molecule is CCC[CH](O)[Mo]. The number of rotatable bonds is 2. The fraction of sp³-hybridized carbons (Fsp3) is 1.00. The predicted octanol–water partition coefficient (Wildman–Crippen LogP) is 0.652. The van der Waals surface area contributed by atoms with Crippen LogP contribution in [0.2, 0.25) is 0 Å². The third-order valence-electron chi connectivity index (χ3n) is 0.536. The normalized spacial score (nSPS) is 14.3. The Balaban J connectivity index is 2.63. The molecule has 0 heterocycles. The van der Waals surface area contributed by atoms with E-state index in [4.69, 9.17) is 5.11 Å². The van der Waals surface area contributed by atoms with Crippen molar-refractivity contribution in [2.75, 3.05) is 0 Å². The van der Waals surface area contributed by atoms with Gasteiger partial charge in [-0.25, -0.2) is 0 Å². The van der Waals surface area contributed by atoms with Crippen LogP contribution >= 0.6 is 0 Å². The molecule has 0 saturated carbocycles. The molecule has 1 atom stereocenters. The molecule has 0 radical (unpaired) electrons. The second kappa shape index (κ2) is 3.83. The van der Waals surface area contributed by atoms with Crippen LogP contribution in [0.5, 0.6) is 0 Å². The molecule has 6 heavy (non-hydrogen) atoms. The van der Waals surface area contributed by atoms with Gasteiger partial charge < -0.3 is 0 Å². The molecule has 0 aliphatic rings. The van der Waals surface area contributed by atoms with Crippen LogP contribution in [-0.2, 0) is 19.8 Å². The van der Waals surface area contributed by atoms with Gasteiger partial charge in [0.05, 0.1) is 0 Å². The van der Waals surface area contributed by atoms with Gasteiger partial charge in [0.25, 0.3) is 0 Å². The van der Waals surface area contributed by atoms with Gasteiger partial charge in [0.2, 0.25) is 0 Å². The third kappa shape index (κ3) is 4.65. The van der Waals surface area contributed by atoms with Crippen LogP contribution in [0.3, 0.4) is 0 Å². The Morgan fingerprint density at radius 3 is 2.33 bits per heavy atom. The van der Waals surface area contributed by atoms with Crippen molar-refractivity contribution in [3.63, 3.8) is 0 Å². The van der Waals surface area contributed by atoms with Crippen molar-refractivity contribution in [3.8, 4) is 0 Å². The molecule has 0 fully saturated rings. The van der Waals surface area contributed by atoms with Gasteiger partial charge in [-0.05, 0) is 0 Å². The van der Waals surface area contributed by atoms with Gasteiger partial charge in [-0.2, -0.15) is 0 Å². The van der Waals surface area contributed by atoms with Crippen molar-refractivity contribution in [2.24, 2.45) is 0 Å². The van der Waals surface area contributed by atoms with E-state index in [1.165, 1.54) is 0 Å². The fourth-order valence-corrected chi connectivity index (χ4v) is 0.826. The van der Waals surface area contributed by atoms with Crippen molar-refractivity contribution in [1.29, 1.82) is 0 Å². The van der Waals surface area contributed by atoms with E-state index in [1.807, 2.05) is 0 Å². The molecule has 1 unspecified atom stereocenters. The standard InChI is InChI=1S/C4H9O.Mo/c1-2-3-4-5;/h4-5H,2-3H2,1H3;. The van der Waals surface area contributed by atoms with Crippen LogP contribution < -0.4 is 0 Å². The zero-order valence-corrected chi connectivity index (χ0v) is 5.85. The summed E-state index contributed by atoms with van der Waals surface area (Å²) in [6.07, 6.45) is 2.02. The molecule has 0 aromatic rings. The van der Waals surface area contributed by atoms with Crippen molar-refractivity contribution in [2.45, 2.75) is 24.3 Å². The molecular formula is C4H9MoO. The molecule has 0 saturated heterocycles. The minimum absolute atomic E-state index is 0.0919. The van der Waals surface area contributed by atoms with Crippen molar-refractivity contribution in [1.82, 2.24) is 0 Å². The van der Waals surface area contributed by atoms with Gasteiger partial charge in [0, 0.05) is 0 Å². The topological polar surface area (TPSA) is 20.2 Å². The van der Waals surface area contributed by atoms with Crippen LogP contribution in [0.4, 0.5) is 0 Å². The molecule has 2 heteroatoms. The Morgan fingerprint density at radius 2 is 2.33 bits per heavy atom. The number of aliphatic hydroxyl groups is 1. The van der Waals surface area contributed by atoms with Crippen LogP contribution in [0.25, 0.3) is 0 Å². The number of hydrogen-bond acceptors (Lipinski definition) is 1. The summed E-state index contributed by atoms with van der Waals surface area (Å²) in [7, 11) is 0. The summed E-state index contributed by atoms with van der Waals surface area (Å²) >= 11 is 1.75. The van der Waals surface area contributed by atoms with E-state index in [0.717, 1.165) is 12.8 Å². The summed E-state index contributed by atoms with van der Waals surface area (Å²) in [4.78, 5) is 0. The summed E-state index contributed by atoms with van der Waals surface area (Å²) < 4.78 is -0.0919. The van der Waals surface area contributed by atoms with E-state index in [0.29, 0.717) is 0 Å². The van der Waals surface area contributed by atoms with Crippen molar-refractivity contribution < 1.29 is 24.9 Å². The number of aliphatic hydroxyl groups excluding tert-OH is 1. The fourth-order valence-electron chi connectivity index (χ4n) is 0.247. The quantitative estimate of drug-likeness (QED) is 0.601. The third-order valence-corrected chi connectivity index (χ3v) is 1.11. The summed E-state index contributed by atoms with van der Waals surface area (Å²) in [6, 6.07) is 0. The average Bonchev–Trinajstić information content (AvgIpc) is 1.35. The Labute approximate surface area is 49.7 Å².